The molecule has 0 radical (unpaired) electrons. The summed E-state index contributed by atoms with van der Waals surface area (Å²) in [5.74, 6) is 0.201. The molecule has 18 heavy (non-hydrogen) atoms. The normalized spacial score (nSPS) is 10.3. The van der Waals surface area contributed by atoms with Gasteiger partial charge in [0.1, 0.15) is 5.82 Å². The van der Waals surface area contributed by atoms with Gasteiger partial charge in [0.15, 0.2) is 5.78 Å². The Hall–Kier alpha value is -1.61. The zero-order valence-corrected chi connectivity index (χ0v) is 10.8. The summed E-state index contributed by atoms with van der Waals surface area (Å²) in [4.78, 5) is 12.8. The lowest BCUT2D eigenvalue weighted by Crippen LogP contribution is -2.02. The van der Waals surface area contributed by atoms with Crippen LogP contribution in [0.25, 0.3) is 0 Å². The first-order valence-corrected chi connectivity index (χ1v) is 6.62. The van der Waals surface area contributed by atoms with Crippen molar-refractivity contribution >= 4 is 17.5 Å². The van der Waals surface area contributed by atoms with Crippen molar-refractivity contribution < 1.29 is 9.18 Å². The number of rotatable bonds is 4. The lowest BCUT2D eigenvalue weighted by molar-refractivity contribution is 0.102. The van der Waals surface area contributed by atoms with E-state index in [9.17, 15) is 9.18 Å². The van der Waals surface area contributed by atoms with Crippen molar-refractivity contribution in [1.29, 1.82) is 0 Å². The second kappa shape index (κ2) is 5.83. The second-order valence-corrected chi connectivity index (χ2v) is 5.08. The van der Waals surface area contributed by atoms with Crippen LogP contribution in [0.4, 0.5) is 4.39 Å². The molecule has 2 rings (SSSR count). The fourth-order valence-corrected chi connectivity index (χ4v) is 2.37. The number of halogens is 1. The first kappa shape index (κ1) is 12.8. The molecule has 1 nitrogen and oxygen atoms in total. The van der Waals surface area contributed by atoms with Crippen LogP contribution in [-0.2, 0) is 0 Å². The highest BCUT2D eigenvalue weighted by Gasteiger charge is 2.06. The highest BCUT2D eigenvalue weighted by molar-refractivity contribution is 8.00. The van der Waals surface area contributed by atoms with Crippen LogP contribution in [0.2, 0.25) is 0 Å². The molecule has 2 aromatic carbocycles. The van der Waals surface area contributed by atoms with Gasteiger partial charge >= 0.3 is 0 Å². The molecule has 0 atom stereocenters. The van der Waals surface area contributed by atoms with Gasteiger partial charge in [-0.2, -0.15) is 0 Å². The van der Waals surface area contributed by atoms with E-state index in [1.54, 1.807) is 12.1 Å². The van der Waals surface area contributed by atoms with Gasteiger partial charge in [0.25, 0.3) is 0 Å². The van der Waals surface area contributed by atoms with Crippen molar-refractivity contribution in [2.45, 2.75) is 11.8 Å². The lowest BCUT2D eigenvalue weighted by Gasteiger charge is -2.02. The van der Waals surface area contributed by atoms with E-state index in [0.717, 1.165) is 16.0 Å². The molecule has 0 spiro atoms. The standard InChI is InChI=1S/C15H13FOS/c1-11-3-2-4-12(9-11)15(17)10-18-14-7-5-13(16)6-8-14/h2-9H,10H2,1H3. The van der Waals surface area contributed by atoms with Gasteiger partial charge in [0.05, 0.1) is 5.75 Å². The Morgan fingerprint density at radius 3 is 2.56 bits per heavy atom. The number of ketones is 1. The molecule has 0 saturated heterocycles. The molecule has 92 valence electrons. The van der Waals surface area contributed by atoms with E-state index in [2.05, 4.69) is 0 Å². The maximum atomic E-state index is 12.7. The van der Waals surface area contributed by atoms with Gasteiger partial charge in [-0.15, -0.1) is 11.8 Å². The number of aryl methyl sites for hydroxylation is 1. The first-order chi connectivity index (χ1) is 8.65. The summed E-state index contributed by atoms with van der Waals surface area (Å²) in [6.07, 6.45) is 0. The molecule has 0 N–H and O–H groups in total. The minimum absolute atomic E-state index is 0.0908. The summed E-state index contributed by atoms with van der Waals surface area (Å²) in [5.41, 5.74) is 1.80. The third-order valence-corrected chi connectivity index (χ3v) is 3.54. The Balaban J connectivity index is 1.98. The van der Waals surface area contributed by atoms with Gasteiger partial charge in [-0.25, -0.2) is 4.39 Å². The molecule has 2 aromatic rings. The number of hydrogen-bond acceptors (Lipinski definition) is 2. The van der Waals surface area contributed by atoms with E-state index in [4.69, 9.17) is 0 Å². The Labute approximate surface area is 110 Å². The summed E-state index contributed by atoms with van der Waals surface area (Å²) in [6.45, 7) is 1.96. The molecule has 0 amide bonds. The largest absolute Gasteiger partial charge is 0.293 e. The van der Waals surface area contributed by atoms with E-state index >= 15 is 0 Å². The fraction of sp³-hybridized carbons (Fsp3) is 0.133. The van der Waals surface area contributed by atoms with Crippen LogP contribution in [0, 0.1) is 12.7 Å². The van der Waals surface area contributed by atoms with Crippen molar-refractivity contribution in [2.75, 3.05) is 5.75 Å². The smallest absolute Gasteiger partial charge is 0.173 e. The first-order valence-electron chi connectivity index (χ1n) is 5.63. The zero-order chi connectivity index (χ0) is 13.0. The van der Waals surface area contributed by atoms with Crippen LogP contribution in [0.15, 0.2) is 53.4 Å². The fourth-order valence-electron chi connectivity index (χ4n) is 1.58. The molecule has 0 aromatic heterocycles. The predicted molar refractivity (Wildman–Crippen MR) is 72.6 cm³/mol. The van der Waals surface area contributed by atoms with Crippen LogP contribution >= 0.6 is 11.8 Å². The summed E-state index contributed by atoms with van der Waals surface area (Å²) in [7, 11) is 0. The predicted octanol–water partition coefficient (Wildman–Crippen LogP) is 4.11. The van der Waals surface area contributed by atoms with Crippen LogP contribution in [-0.4, -0.2) is 11.5 Å². The molecule has 0 bridgehead atoms. The van der Waals surface area contributed by atoms with E-state index in [1.165, 1.54) is 23.9 Å². The molecule has 0 unspecified atom stereocenters. The number of hydrogen-bond donors (Lipinski definition) is 0. The molecular formula is C15H13FOS. The molecular weight excluding hydrogens is 247 g/mol. The molecule has 0 heterocycles. The second-order valence-electron chi connectivity index (χ2n) is 4.04. The van der Waals surface area contributed by atoms with Crippen LogP contribution < -0.4 is 0 Å². The van der Waals surface area contributed by atoms with Gasteiger partial charge in [0, 0.05) is 10.5 Å². The van der Waals surface area contributed by atoms with Crippen molar-refractivity contribution in [3.8, 4) is 0 Å². The summed E-state index contributed by atoms with van der Waals surface area (Å²) in [6, 6.07) is 13.7. The SMILES string of the molecule is Cc1cccc(C(=O)CSc2ccc(F)cc2)c1. The minimum Gasteiger partial charge on any atom is -0.293 e. The number of thioether (sulfide) groups is 1. The van der Waals surface area contributed by atoms with Gasteiger partial charge in [-0.3, -0.25) is 4.79 Å². The molecule has 3 heteroatoms. The monoisotopic (exact) mass is 260 g/mol. The number of carbonyl (C=O) groups excluding carboxylic acids is 1. The summed E-state index contributed by atoms with van der Waals surface area (Å²) in [5, 5.41) is 0. The maximum absolute atomic E-state index is 12.7. The van der Waals surface area contributed by atoms with Crippen LogP contribution in [0.1, 0.15) is 15.9 Å². The molecule has 0 aliphatic carbocycles. The van der Waals surface area contributed by atoms with Gasteiger partial charge in [-0.1, -0.05) is 23.8 Å². The quantitative estimate of drug-likeness (QED) is 0.608. The molecule has 0 fully saturated rings. The Morgan fingerprint density at radius 1 is 1.17 bits per heavy atom. The average molecular weight is 260 g/mol. The number of benzene rings is 2. The van der Waals surface area contributed by atoms with Gasteiger partial charge in [-0.05, 0) is 37.3 Å². The Bertz CT molecular complexity index is 549. The highest BCUT2D eigenvalue weighted by Crippen LogP contribution is 2.19. The average Bonchev–Trinajstić information content (AvgIpc) is 2.38. The van der Waals surface area contributed by atoms with Crippen LogP contribution in [0.5, 0.6) is 0 Å². The molecule has 0 aliphatic rings. The minimum atomic E-state index is -0.260. The highest BCUT2D eigenvalue weighted by atomic mass is 32.2. The van der Waals surface area contributed by atoms with E-state index < -0.39 is 0 Å². The van der Waals surface area contributed by atoms with Crippen molar-refractivity contribution in [3.63, 3.8) is 0 Å². The Morgan fingerprint density at radius 2 is 1.89 bits per heavy atom. The van der Waals surface area contributed by atoms with Crippen LogP contribution in [0.3, 0.4) is 0 Å². The molecule has 0 aliphatic heterocycles. The Kier molecular flexibility index (Phi) is 4.15. The van der Waals surface area contributed by atoms with Crippen molar-refractivity contribution in [3.05, 3.63) is 65.5 Å². The van der Waals surface area contributed by atoms with Crippen molar-refractivity contribution in [1.82, 2.24) is 0 Å². The summed E-state index contributed by atoms with van der Waals surface area (Å²) >= 11 is 1.42. The third kappa shape index (κ3) is 3.44. The van der Waals surface area contributed by atoms with Gasteiger partial charge < -0.3 is 0 Å². The summed E-state index contributed by atoms with van der Waals surface area (Å²) < 4.78 is 12.7. The number of carbonyl (C=O) groups is 1. The zero-order valence-electron chi connectivity index (χ0n) is 10.0. The topological polar surface area (TPSA) is 17.1 Å². The maximum Gasteiger partial charge on any atom is 0.173 e. The molecule has 0 saturated carbocycles. The van der Waals surface area contributed by atoms with E-state index in [-0.39, 0.29) is 11.6 Å². The third-order valence-electron chi connectivity index (χ3n) is 2.52. The number of Topliss-reactive ketones (excluding diaryl/α,β-unsaturated/α-hetero) is 1. The van der Waals surface area contributed by atoms with E-state index in [1.807, 2.05) is 31.2 Å². The van der Waals surface area contributed by atoms with Gasteiger partial charge in [0.2, 0.25) is 0 Å². The van der Waals surface area contributed by atoms with E-state index in [0.29, 0.717) is 5.75 Å². The van der Waals surface area contributed by atoms with Crippen molar-refractivity contribution in [2.24, 2.45) is 0 Å². The lowest BCUT2D eigenvalue weighted by atomic mass is 10.1.